The summed E-state index contributed by atoms with van der Waals surface area (Å²) >= 11 is 1.75. The monoisotopic (exact) mass is 253 g/mol. The van der Waals surface area contributed by atoms with Crippen LogP contribution >= 0.6 is 22.6 Å². The first-order valence-electron chi connectivity index (χ1n) is 2.70. The predicted octanol–water partition coefficient (Wildman–Crippen LogP) is 2.29. The number of hydrogen-bond donors (Lipinski definition) is 0. The molecule has 0 saturated heterocycles. The van der Waals surface area contributed by atoms with Crippen LogP contribution in [0.25, 0.3) is 0 Å². The van der Waals surface area contributed by atoms with Gasteiger partial charge in [0.15, 0.2) is 0 Å². The number of rotatable bonds is 0. The van der Waals surface area contributed by atoms with Crippen molar-refractivity contribution in [3.63, 3.8) is 0 Å². The third-order valence-corrected chi connectivity index (χ3v) is 2.25. The van der Waals surface area contributed by atoms with Gasteiger partial charge in [-0.3, -0.25) is 4.99 Å². The quantitative estimate of drug-likeness (QED) is 0.587. The molecule has 0 saturated carbocycles. The smallest absolute Gasteiger partial charge is 0.148 e. The summed E-state index contributed by atoms with van der Waals surface area (Å²) in [6.45, 7) is 0. The van der Waals surface area contributed by atoms with Gasteiger partial charge in [0, 0.05) is 0 Å². The van der Waals surface area contributed by atoms with Gasteiger partial charge in [-0.05, 0) is 28.7 Å². The van der Waals surface area contributed by atoms with E-state index in [0.717, 1.165) is 6.08 Å². The van der Waals surface area contributed by atoms with Gasteiger partial charge in [-0.15, -0.1) is 0 Å². The first-order valence-corrected chi connectivity index (χ1v) is 3.78. The SMILES string of the molecule is FC1=CC(I)=C(F)C2N=C12. The lowest BCUT2D eigenvalue weighted by atomic mass is 10.1. The fourth-order valence-corrected chi connectivity index (χ4v) is 1.42. The summed E-state index contributed by atoms with van der Waals surface area (Å²) in [5.74, 6) is -0.715. The number of fused-ring (bicyclic) bond motifs is 1. The number of allylic oxidation sites excluding steroid dienone is 2. The Morgan fingerprint density at radius 1 is 1.50 bits per heavy atom. The summed E-state index contributed by atoms with van der Waals surface area (Å²) in [5, 5.41) is 0. The summed E-state index contributed by atoms with van der Waals surface area (Å²) in [5.41, 5.74) is 0.262. The molecule has 52 valence electrons. The van der Waals surface area contributed by atoms with Crippen LogP contribution in [-0.2, 0) is 0 Å². The summed E-state index contributed by atoms with van der Waals surface area (Å²) in [6.07, 6.45) is 1.16. The van der Waals surface area contributed by atoms with E-state index in [1.165, 1.54) is 0 Å². The van der Waals surface area contributed by atoms with Gasteiger partial charge >= 0.3 is 0 Å². The Balaban J connectivity index is 2.45. The van der Waals surface area contributed by atoms with Gasteiger partial charge < -0.3 is 0 Å². The molecule has 0 spiro atoms. The highest BCUT2D eigenvalue weighted by atomic mass is 127. The van der Waals surface area contributed by atoms with Crippen LogP contribution in [0.1, 0.15) is 0 Å². The van der Waals surface area contributed by atoms with Gasteiger partial charge in [0.1, 0.15) is 23.4 Å². The highest BCUT2D eigenvalue weighted by Crippen LogP contribution is 2.37. The summed E-state index contributed by atoms with van der Waals surface area (Å²) in [6, 6.07) is -0.572. The lowest BCUT2D eigenvalue weighted by molar-refractivity contribution is 0.603. The Kier molecular flexibility index (Phi) is 1.21. The molecule has 2 rings (SSSR count). The average Bonchev–Trinajstić information content (AvgIpc) is 2.61. The fraction of sp³-hybridized carbons (Fsp3) is 0.167. The van der Waals surface area contributed by atoms with Crippen LogP contribution in [0, 0.1) is 0 Å². The fourth-order valence-electron chi connectivity index (χ4n) is 0.856. The molecular weight excluding hydrogens is 251 g/mol. The molecule has 0 N–H and O–H groups in total. The molecular formula is C6H2F2IN. The molecule has 0 aromatic heterocycles. The van der Waals surface area contributed by atoms with Gasteiger partial charge in [0.2, 0.25) is 0 Å². The molecule has 1 unspecified atom stereocenters. The van der Waals surface area contributed by atoms with Crippen molar-refractivity contribution in [1.82, 2.24) is 0 Å². The minimum absolute atomic E-state index is 0.262. The highest BCUT2D eigenvalue weighted by molar-refractivity contribution is 14.1. The van der Waals surface area contributed by atoms with Gasteiger partial charge in [-0.2, -0.15) is 0 Å². The van der Waals surface area contributed by atoms with E-state index in [1.54, 1.807) is 22.6 Å². The maximum Gasteiger partial charge on any atom is 0.148 e. The molecule has 0 bridgehead atoms. The van der Waals surface area contributed by atoms with E-state index >= 15 is 0 Å². The maximum atomic E-state index is 12.7. The van der Waals surface area contributed by atoms with E-state index < -0.39 is 11.9 Å². The van der Waals surface area contributed by atoms with E-state index in [-0.39, 0.29) is 11.5 Å². The Labute approximate surface area is 69.7 Å². The molecule has 0 amide bonds. The van der Waals surface area contributed by atoms with E-state index in [1.807, 2.05) is 0 Å². The minimum Gasteiger partial charge on any atom is -0.267 e. The zero-order valence-corrected chi connectivity index (χ0v) is 6.89. The first kappa shape index (κ1) is 6.45. The molecule has 1 atom stereocenters. The van der Waals surface area contributed by atoms with Crippen molar-refractivity contribution in [3.8, 4) is 0 Å². The zero-order chi connectivity index (χ0) is 7.30. The van der Waals surface area contributed by atoms with E-state index in [9.17, 15) is 8.78 Å². The van der Waals surface area contributed by atoms with E-state index in [4.69, 9.17) is 0 Å². The molecule has 1 nitrogen and oxygen atoms in total. The van der Waals surface area contributed by atoms with E-state index in [2.05, 4.69) is 4.99 Å². The Hall–Kier alpha value is -0.260. The van der Waals surface area contributed by atoms with Crippen LogP contribution in [0.2, 0.25) is 0 Å². The van der Waals surface area contributed by atoms with Crippen molar-refractivity contribution in [2.45, 2.75) is 6.04 Å². The standard InChI is InChI=1S/C6H2F2IN/c7-2-1-3(9)4(8)6-5(2)10-6/h1,6H. The van der Waals surface area contributed by atoms with Crippen molar-refractivity contribution in [2.75, 3.05) is 0 Å². The van der Waals surface area contributed by atoms with Gasteiger partial charge in [0.05, 0.1) is 3.58 Å². The third-order valence-electron chi connectivity index (χ3n) is 1.43. The summed E-state index contributed by atoms with van der Waals surface area (Å²) < 4.78 is 25.6. The summed E-state index contributed by atoms with van der Waals surface area (Å²) in [4.78, 5) is 3.60. The molecule has 10 heavy (non-hydrogen) atoms. The molecule has 1 heterocycles. The van der Waals surface area contributed by atoms with Gasteiger partial charge in [-0.1, -0.05) is 0 Å². The predicted molar refractivity (Wildman–Crippen MR) is 42.6 cm³/mol. The average molecular weight is 253 g/mol. The lowest BCUT2D eigenvalue weighted by Crippen LogP contribution is -2.04. The molecule has 0 aromatic rings. The van der Waals surface area contributed by atoms with Crippen molar-refractivity contribution >= 4 is 28.3 Å². The lowest BCUT2D eigenvalue weighted by Gasteiger charge is -2.00. The van der Waals surface area contributed by atoms with Gasteiger partial charge in [0.25, 0.3) is 0 Å². The van der Waals surface area contributed by atoms with Crippen molar-refractivity contribution in [1.29, 1.82) is 0 Å². The molecule has 0 fully saturated rings. The van der Waals surface area contributed by atoms with Crippen molar-refractivity contribution in [3.05, 3.63) is 21.3 Å². The van der Waals surface area contributed by atoms with Crippen molar-refractivity contribution < 1.29 is 8.78 Å². The molecule has 2 aliphatic rings. The molecule has 0 radical (unpaired) electrons. The Bertz CT molecular complexity index is 290. The Morgan fingerprint density at radius 3 is 2.90 bits per heavy atom. The molecule has 4 heteroatoms. The molecule has 0 aromatic carbocycles. The molecule has 1 aliphatic carbocycles. The number of aliphatic imine (C=N–C) groups is 1. The minimum atomic E-state index is -0.572. The normalized spacial score (nSPS) is 29.3. The number of nitrogens with zero attached hydrogens (tertiary/aromatic N) is 1. The third kappa shape index (κ3) is 0.744. The highest BCUT2D eigenvalue weighted by Gasteiger charge is 2.39. The largest absolute Gasteiger partial charge is 0.267 e. The zero-order valence-electron chi connectivity index (χ0n) is 4.74. The maximum absolute atomic E-state index is 12.7. The topological polar surface area (TPSA) is 12.4 Å². The number of hydrogen-bond acceptors (Lipinski definition) is 1. The number of halogens is 3. The van der Waals surface area contributed by atoms with Crippen LogP contribution in [0.5, 0.6) is 0 Å². The van der Waals surface area contributed by atoms with E-state index in [0.29, 0.717) is 3.58 Å². The van der Waals surface area contributed by atoms with Crippen LogP contribution < -0.4 is 0 Å². The second-order valence-corrected chi connectivity index (χ2v) is 3.27. The van der Waals surface area contributed by atoms with Crippen molar-refractivity contribution in [2.24, 2.45) is 4.99 Å². The second-order valence-electron chi connectivity index (χ2n) is 2.11. The van der Waals surface area contributed by atoms with Crippen LogP contribution in [0.15, 0.2) is 26.3 Å². The molecule has 1 aliphatic heterocycles. The first-order chi connectivity index (χ1) is 4.70. The van der Waals surface area contributed by atoms with Crippen LogP contribution in [-0.4, -0.2) is 11.8 Å². The second kappa shape index (κ2) is 1.87. The van der Waals surface area contributed by atoms with Crippen LogP contribution in [0.3, 0.4) is 0 Å². The summed E-state index contributed by atoms with van der Waals surface area (Å²) in [7, 11) is 0. The Morgan fingerprint density at radius 2 is 2.20 bits per heavy atom. The van der Waals surface area contributed by atoms with Crippen LogP contribution in [0.4, 0.5) is 8.78 Å². The van der Waals surface area contributed by atoms with Gasteiger partial charge in [-0.25, -0.2) is 8.78 Å².